The molecule has 3 heterocycles. The van der Waals surface area contributed by atoms with Crippen molar-refractivity contribution in [3.8, 4) is 22.5 Å². The standard InChI is InChI=1S/C51H36N5/c1-4-16-34(17-5-1)49-52-50(35-18-6-2-7-19-35)54-51(53-49)38-22-14-20-36(30-38)37-21-15-25-40(31-37)56-46-29-13-11-27-42(46)44-32-43-41-26-10-12-28-45(41)55(47(43)33-48(44)56)39-23-8-3-9-24-39/h1-33,49,51,53H/q-1. The molecule has 0 amide bonds. The first kappa shape index (κ1) is 32.2. The maximum absolute atomic E-state index is 5.16. The zero-order valence-electron chi connectivity index (χ0n) is 30.5. The van der Waals surface area contributed by atoms with E-state index in [0.717, 1.165) is 45.0 Å². The van der Waals surface area contributed by atoms with Gasteiger partial charge in [0.05, 0.1) is 22.1 Å². The van der Waals surface area contributed by atoms with Crippen molar-refractivity contribution < 1.29 is 0 Å². The third kappa shape index (κ3) is 5.40. The summed E-state index contributed by atoms with van der Waals surface area (Å²) in [5.74, 6) is 0.752. The number of hydrogen-bond donors (Lipinski definition) is 1. The van der Waals surface area contributed by atoms with Crippen molar-refractivity contribution in [2.24, 2.45) is 4.99 Å². The molecule has 5 nitrogen and oxygen atoms in total. The van der Waals surface area contributed by atoms with E-state index in [1.165, 1.54) is 43.6 Å². The lowest BCUT2D eigenvalue weighted by molar-refractivity contribution is 0.488. The number of fused-ring (bicyclic) bond motifs is 6. The van der Waals surface area contributed by atoms with Crippen molar-refractivity contribution >= 4 is 49.4 Å². The molecule has 56 heavy (non-hydrogen) atoms. The minimum absolute atomic E-state index is 0.219. The fourth-order valence-electron chi connectivity index (χ4n) is 8.49. The molecule has 1 aliphatic heterocycles. The second-order valence-corrected chi connectivity index (χ2v) is 14.4. The van der Waals surface area contributed by atoms with Gasteiger partial charge < -0.3 is 24.8 Å². The number of amidine groups is 1. The van der Waals surface area contributed by atoms with Crippen LogP contribution in [-0.2, 0) is 0 Å². The molecular weight excluding hydrogens is 683 g/mol. The zero-order valence-corrected chi connectivity index (χ0v) is 30.5. The summed E-state index contributed by atoms with van der Waals surface area (Å²) in [6.07, 6.45) is -0.490. The predicted octanol–water partition coefficient (Wildman–Crippen LogP) is 12.7. The summed E-state index contributed by atoms with van der Waals surface area (Å²) < 4.78 is 4.82. The zero-order chi connectivity index (χ0) is 37.0. The van der Waals surface area contributed by atoms with Crippen LogP contribution in [0.25, 0.3) is 71.4 Å². The lowest BCUT2D eigenvalue weighted by Crippen LogP contribution is -2.31. The number of aromatic nitrogens is 2. The van der Waals surface area contributed by atoms with Crippen molar-refractivity contribution in [2.75, 3.05) is 0 Å². The Labute approximate surface area is 324 Å². The predicted molar refractivity (Wildman–Crippen MR) is 232 cm³/mol. The number of nitrogens with one attached hydrogen (secondary N) is 1. The molecule has 5 heteroatoms. The van der Waals surface area contributed by atoms with Gasteiger partial charge in [0.15, 0.2) is 0 Å². The summed E-state index contributed by atoms with van der Waals surface area (Å²) in [5.41, 5.74) is 12.5. The Hall–Kier alpha value is -7.21. The van der Waals surface area contributed by atoms with Crippen molar-refractivity contribution in [1.82, 2.24) is 14.5 Å². The van der Waals surface area contributed by atoms with E-state index < -0.39 is 0 Å². The molecule has 0 saturated heterocycles. The van der Waals surface area contributed by atoms with E-state index in [-0.39, 0.29) is 12.3 Å². The molecule has 1 aliphatic rings. The van der Waals surface area contributed by atoms with Crippen LogP contribution in [0.2, 0.25) is 0 Å². The molecule has 11 rings (SSSR count). The Balaban J connectivity index is 1.04. The minimum Gasteiger partial charge on any atom is -0.445 e. The molecule has 1 N–H and O–H groups in total. The second-order valence-electron chi connectivity index (χ2n) is 14.4. The van der Waals surface area contributed by atoms with E-state index in [0.29, 0.717) is 0 Å². The topological polar surface area (TPSA) is 48.4 Å². The molecule has 0 bridgehead atoms. The summed E-state index contributed by atoms with van der Waals surface area (Å²) in [7, 11) is 0. The highest BCUT2D eigenvalue weighted by atomic mass is 15.3. The molecule has 0 saturated carbocycles. The fourth-order valence-corrected chi connectivity index (χ4v) is 8.49. The Bertz CT molecular complexity index is 3090. The van der Waals surface area contributed by atoms with Crippen LogP contribution in [0.3, 0.4) is 0 Å². The SMILES string of the molecule is c1ccc(C2=NC(c3cccc(-c4cccc(-n5c6ccccc6c6cc7c8ccccc8n(-c8ccccc8)c7cc65)c4)c3)NC(c3ccccc3)[N-]2)cc1. The Kier molecular flexibility index (Phi) is 7.64. The second kappa shape index (κ2) is 13.3. The van der Waals surface area contributed by atoms with Gasteiger partial charge in [0.2, 0.25) is 0 Å². The highest BCUT2D eigenvalue weighted by Gasteiger charge is 2.20. The number of para-hydroxylation sites is 3. The lowest BCUT2D eigenvalue weighted by atomic mass is 10.0. The summed E-state index contributed by atoms with van der Waals surface area (Å²) in [5, 5.41) is 13.8. The van der Waals surface area contributed by atoms with Gasteiger partial charge in [0, 0.05) is 45.3 Å². The summed E-state index contributed by atoms with van der Waals surface area (Å²) >= 11 is 0. The molecule has 0 spiro atoms. The fraction of sp³-hybridized carbons (Fsp3) is 0.0392. The van der Waals surface area contributed by atoms with Gasteiger partial charge in [-0.2, -0.15) is 0 Å². The van der Waals surface area contributed by atoms with E-state index in [9.17, 15) is 0 Å². The Morgan fingerprint density at radius 3 is 1.61 bits per heavy atom. The van der Waals surface area contributed by atoms with Crippen LogP contribution >= 0.6 is 0 Å². The normalized spacial score (nSPS) is 15.7. The highest BCUT2D eigenvalue weighted by molar-refractivity contribution is 6.19. The molecule has 0 radical (unpaired) electrons. The lowest BCUT2D eigenvalue weighted by Gasteiger charge is -2.40. The molecule has 0 aliphatic carbocycles. The third-order valence-electron chi connectivity index (χ3n) is 11.1. The average Bonchev–Trinajstić information content (AvgIpc) is 3.78. The molecule has 2 atom stereocenters. The van der Waals surface area contributed by atoms with Gasteiger partial charge in [-0.05, 0) is 82.4 Å². The number of benzene rings is 8. The molecular formula is C51H36N5-. The van der Waals surface area contributed by atoms with Crippen molar-refractivity contribution in [1.29, 1.82) is 0 Å². The first-order chi connectivity index (χ1) is 27.8. The largest absolute Gasteiger partial charge is 0.445 e. The molecule has 266 valence electrons. The Morgan fingerprint density at radius 1 is 0.393 bits per heavy atom. The van der Waals surface area contributed by atoms with Crippen molar-refractivity contribution in [3.63, 3.8) is 0 Å². The Morgan fingerprint density at radius 2 is 0.911 bits per heavy atom. The van der Waals surface area contributed by atoms with E-state index in [2.05, 4.69) is 190 Å². The van der Waals surface area contributed by atoms with Gasteiger partial charge in [0.1, 0.15) is 0 Å². The number of aliphatic imine (C=N–C) groups is 1. The van der Waals surface area contributed by atoms with Crippen LogP contribution < -0.4 is 5.32 Å². The molecule has 8 aromatic carbocycles. The van der Waals surface area contributed by atoms with Gasteiger partial charge >= 0.3 is 0 Å². The van der Waals surface area contributed by atoms with Gasteiger partial charge in [-0.25, -0.2) is 0 Å². The summed E-state index contributed by atoms with van der Waals surface area (Å²) in [6, 6.07) is 71.3. The average molecular weight is 719 g/mol. The number of hydrogen-bond acceptors (Lipinski definition) is 2. The summed E-state index contributed by atoms with van der Waals surface area (Å²) in [4.78, 5) is 5.16. The molecule has 0 fully saturated rings. The summed E-state index contributed by atoms with van der Waals surface area (Å²) in [6.45, 7) is 0. The molecule has 2 unspecified atom stereocenters. The van der Waals surface area contributed by atoms with E-state index in [1.807, 2.05) is 24.3 Å². The van der Waals surface area contributed by atoms with Crippen LogP contribution in [0.1, 0.15) is 29.0 Å². The number of rotatable bonds is 6. The molecule has 10 aromatic rings. The van der Waals surface area contributed by atoms with Gasteiger partial charge in [-0.3, -0.25) is 0 Å². The molecule has 2 aromatic heterocycles. The van der Waals surface area contributed by atoms with Crippen LogP contribution in [0, 0.1) is 0 Å². The smallest absolute Gasteiger partial charge is 0.0562 e. The van der Waals surface area contributed by atoms with E-state index in [4.69, 9.17) is 10.3 Å². The van der Waals surface area contributed by atoms with Crippen LogP contribution in [-0.4, -0.2) is 15.0 Å². The van der Waals surface area contributed by atoms with Crippen LogP contribution in [0.4, 0.5) is 0 Å². The number of nitrogens with zero attached hydrogens (tertiary/aromatic N) is 4. The van der Waals surface area contributed by atoms with Gasteiger partial charge in [0.25, 0.3) is 0 Å². The maximum Gasteiger partial charge on any atom is 0.0562 e. The van der Waals surface area contributed by atoms with Gasteiger partial charge in [-0.15, -0.1) is 0 Å². The maximum atomic E-state index is 5.16. The van der Waals surface area contributed by atoms with Crippen molar-refractivity contribution in [2.45, 2.75) is 12.3 Å². The van der Waals surface area contributed by atoms with Crippen LogP contribution in [0.5, 0.6) is 0 Å². The first-order valence-electron chi connectivity index (χ1n) is 19.1. The van der Waals surface area contributed by atoms with E-state index in [1.54, 1.807) is 0 Å². The van der Waals surface area contributed by atoms with Crippen LogP contribution in [0.15, 0.2) is 205 Å². The van der Waals surface area contributed by atoms with Gasteiger partial charge in [-0.1, -0.05) is 151 Å². The quantitative estimate of drug-likeness (QED) is 0.183. The minimum atomic E-state index is -0.271. The van der Waals surface area contributed by atoms with E-state index >= 15 is 0 Å². The highest BCUT2D eigenvalue weighted by Crippen LogP contribution is 2.40. The third-order valence-corrected chi connectivity index (χ3v) is 11.1. The first-order valence-corrected chi connectivity index (χ1v) is 19.1. The van der Waals surface area contributed by atoms with Crippen molar-refractivity contribution in [3.05, 3.63) is 222 Å². The monoisotopic (exact) mass is 718 g/mol.